The molecule has 0 saturated carbocycles. The van der Waals surface area contributed by atoms with Crippen molar-refractivity contribution < 1.29 is 9.53 Å². The van der Waals surface area contributed by atoms with Crippen molar-refractivity contribution in [3.8, 4) is 0 Å². The Hall–Kier alpha value is -1.07. The van der Waals surface area contributed by atoms with E-state index in [4.69, 9.17) is 4.74 Å². The topological polar surface area (TPSA) is 53.6 Å². The van der Waals surface area contributed by atoms with Gasteiger partial charge in [0, 0.05) is 38.8 Å². The van der Waals surface area contributed by atoms with Gasteiger partial charge in [-0.3, -0.25) is 4.90 Å². The molecule has 0 aromatic carbocycles. The lowest BCUT2D eigenvalue weighted by atomic mass is 10.0. The normalized spacial score (nSPS) is 24.0. The first-order valence-electron chi connectivity index (χ1n) is 8.16. The van der Waals surface area contributed by atoms with E-state index in [-0.39, 0.29) is 6.03 Å². The van der Waals surface area contributed by atoms with E-state index in [0.29, 0.717) is 18.7 Å². The molecule has 1 atom stereocenters. The SMILES string of the molecule is C=C(C)CN1CCC(NC(=O)NCC[C@@H]2CCCO2)CC1. The van der Waals surface area contributed by atoms with E-state index in [1.54, 1.807) is 0 Å². The van der Waals surface area contributed by atoms with Crippen molar-refractivity contribution in [2.45, 2.75) is 51.2 Å². The zero-order valence-corrected chi connectivity index (χ0v) is 13.2. The second kappa shape index (κ2) is 8.39. The molecule has 120 valence electrons. The van der Waals surface area contributed by atoms with Gasteiger partial charge in [-0.1, -0.05) is 12.2 Å². The summed E-state index contributed by atoms with van der Waals surface area (Å²) in [7, 11) is 0. The molecule has 0 radical (unpaired) electrons. The minimum atomic E-state index is -0.0358. The Labute approximate surface area is 128 Å². The van der Waals surface area contributed by atoms with Crippen LogP contribution in [0.2, 0.25) is 0 Å². The van der Waals surface area contributed by atoms with Crippen molar-refractivity contribution in [1.82, 2.24) is 15.5 Å². The van der Waals surface area contributed by atoms with Crippen molar-refractivity contribution in [3.05, 3.63) is 12.2 Å². The molecule has 5 nitrogen and oxygen atoms in total. The third-order valence-corrected chi connectivity index (χ3v) is 4.19. The lowest BCUT2D eigenvalue weighted by molar-refractivity contribution is 0.104. The third kappa shape index (κ3) is 6.06. The molecule has 2 aliphatic heterocycles. The number of carbonyl (C=O) groups is 1. The number of amides is 2. The van der Waals surface area contributed by atoms with Gasteiger partial charge in [-0.25, -0.2) is 4.79 Å². The average Bonchev–Trinajstić information content (AvgIpc) is 2.93. The summed E-state index contributed by atoms with van der Waals surface area (Å²) in [5.41, 5.74) is 1.20. The predicted octanol–water partition coefficient (Wildman–Crippen LogP) is 1.90. The minimum Gasteiger partial charge on any atom is -0.378 e. The minimum absolute atomic E-state index is 0.0358. The van der Waals surface area contributed by atoms with Crippen molar-refractivity contribution in [3.63, 3.8) is 0 Å². The number of rotatable bonds is 6. The van der Waals surface area contributed by atoms with Crippen LogP contribution in [0.4, 0.5) is 4.79 Å². The van der Waals surface area contributed by atoms with Crippen LogP contribution in [0, 0.1) is 0 Å². The summed E-state index contributed by atoms with van der Waals surface area (Å²) in [4.78, 5) is 14.3. The highest BCUT2D eigenvalue weighted by atomic mass is 16.5. The molecule has 21 heavy (non-hydrogen) atoms. The summed E-state index contributed by atoms with van der Waals surface area (Å²) in [5, 5.41) is 6.02. The van der Waals surface area contributed by atoms with Gasteiger partial charge in [-0.15, -0.1) is 0 Å². The van der Waals surface area contributed by atoms with E-state index in [1.165, 1.54) is 5.57 Å². The van der Waals surface area contributed by atoms with Gasteiger partial charge in [0.2, 0.25) is 0 Å². The van der Waals surface area contributed by atoms with Crippen molar-refractivity contribution >= 4 is 6.03 Å². The lowest BCUT2D eigenvalue weighted by Gasteiger charge is -2.32. The molecule has 0 spiro atoms. The number of nitrogens with one attached hydrogen (secondary N) is 2. The molecule has 2 N–H and O–H groups in total. The average molecular weight is 295 g/mol. The number of ether oxygens (including phenoxy) is 1. The fraction of sp³-hybridized carbons (Fsp3) is 0.812. The Morgan fingerprint density at radius 3 is 2.71 bits per heavy atom. The van der Waals surface area contributed by atoms with Crippen LogP contribution in [0.25, 0.3) is 0 Å². The van der Waals surface area contributed by atoms with E-state index >= 15 is 0 Å². The monoisotopic (exact) mass is 295 g/mol. The summed E-state index contributed by atoms with van der Waals surface area (Å²) in [5.74, 6) is 0. The third-order valence-electron chi connectivity index (χ3n) is 4.19. The quantitative estimate of drug-likeness (QED) is 0.736. The maximum atomic E-state index is 11.9. The van der Waals surface area contributed by atoms with Gasteiger partial charge in [0.15, 0.2) is 0 Å². The van der Waals surface area contributed by atoms with Gasteiger partial charge in [0.05, 0.1) is 6.10 Å². The molecule has 0 bridgehead atoms. The number of hydrogen-bond donors (Lipinski definition) is 2. The van der Waals surface area contributed by atoms with Crippen LogP contribution in [-0.4, -0.2) is 55.9 Å². The molecule has 2 saturated heterocycles. The molecular formula is C16H29N3O2. The molecule has 2 heterocycles. The molecule has 2 amide bonds. The summed E-state index contributed by atoms with van der Waals surface area (Å²) in [6, 6.07) is 0.264. The smallest absolute Gasteiger partial charge is 0.315 e. The summed E-state index contributed by atoms with van der Waals surface area (Å²) in [6.45, 7) is 10.6. The summed E-state index contributed by atoms with van der Waals surface area (Å²) < 4.78 is 5.54. The maximum absolute atomic E-state index is 11.9. The molecule has 5 heteroatoms. The van der Waals surface area contributed by atoms with Gasteiger partial charge in [-0.05, 0) is 39.0 Å². The van der Waals surface area contributed by atoms with Gasteiger partial charge in [-0.2, -0.15) is 0 Å². The number of carbonyl (C=O) groups excluding carboxylic acids is 1. The van der Waals surface area contributed by atoms with Crippen LogP contribution in [0.15, 0.2) is 12.2 Å². The van der Waals surface area contributed by atoms with Crippen LogP contribution >= 0.6 is 0 Å². The Bertz CT molecular complexity index is 345. The van der Waals surface area contributed by atoms with Crippen molar-refractivity contribution in [2.75, 3.05) is 32.8 Å². The predicted molar refractivity (Wildman–Crippen MR) is 84.4 cm³/mol. The second-order valence-electron chi connectivity index (χ2n) is 6.33. The Morgan fingerprint density at radius 1 is 1.33 bits per heavy atom. The van der Waals surface area contributed by atoms with Crippen molar-refractivity contribution in [2.24, 2.45) is 0 Å². The van der Waals surface area contributed by atoms with Crippen LogP contribution in [0.3, 0.4) is 0 Å². The molecule has 0 aliphatic carbocycles. The zero-order valence-electron chi connectivity index (χ0n) is 13.2. The Kier molecular flexibility index (Phi) is 6.51. The number of piperidine rings is 1. The van der Waals surface area contributed by atoms with Gasteiger partial charge >= 0.3 is 6.03 Å². The number of nitrogens with zero attached hydrogens (tertiary/aromatic N) is 1. The zero-order chi connectivity index (χ0) is 15.1. The molecule has 2 rings (SSSR count). The summed E-state index contributed by atoms with van der Waals surface area (Å²) >= 11 is 0. The van der Waals surface area contributed by atoms with Crippen LogP contribution in [0.5, 0.6) is 0 Å². The van der Waals surface area contributed by atoms with Gasteiger partial charge < -0.3 is 15.4 Å². The van der Waals surface area contributed by atoms with Crippen LogP contribution in [0.1, 0.15) is 39.0 Å². The Balaban J connectivity index is 1.55. The molecule has 0 unspecified atom stereocenters. The Morgan fingerprint density at radius 2 is 2.10 bits per heavy atom. The standard InChI is InChI=1S/C16H29N3O2/c1-13(2)12-19-9-6-14(7-10-19)18-16(20)17-8-5-15-4-3-11-21-15/h14-15H,1,3-12H2,2H3,(H2,17,18,20)/t15-/m0/s1. The highest BCUT2D eigenvalue weighted by molar-refractivity contribution is 5.74. The van der Waals surface area contributed by atoms with E-state index < -0.39 is 0 Å². The van der Waals surface area contributed by atoms with Gasteiger partial charge in [0.1, 0.15) is 0 Å². The van der Waals surface area contributed by atoms with Gasteiger partial charge in [0.25, 0.3) is 0 Å². The molecule has 2 aliphatic rings. The van der Waals surface area contributed by atoms with E-state index in [1.807, 2.05) is 0 Å². The first kappa shape index (κ1) is 16.3. The maximum Gasteiger partial charge on any atom is 0.315 e. The molecule has 2 fully saturated rings. The number of likely N-dealkylation sites (tertiary alicyclic amines) is 1. The van der Waals surface area contributed by atoms with Crippen LogP contribution < -0.4 is 10.6 Å². The van der Waals surface area contributed by atoms with E-state index in [9.17, 15) is 4.79 Å². The largest absolute Gasteiger partial charge is 0.378 e. The van der Waals surface area contributed by atoms with E-state index in [2.05, 4.69) is 29.0 Å². The van der Waals surface area contributed by atoms with Crippen molar-refractivity contribution in [1.29, 1.82) is 0 Å². The lowest BCUT2D eigenvalue weighted by Crippen LogP contribution is -2.48. The highest BCUT2D eigenvalue weighted by Crippen LogP contribution is 2.14. The molecule has 0 aromatic rings. The fourth-order valence-electron chi connectivity index (χ4n) is 3.07. The first-order valence-corrected chi connectivity index (χ1v) is 8.16. The van der Waals surface area contributed by atoms with Crippen LogP contribution in [-0.2, 0) is 4.74 Å². The first-order chi connectivity index (χ1) is 10.1. The molecular weight excluding hydrogens is 266 g/mol. The highest BCUT2D eigenvalue weighted by Gasteiger charge is 2.20. The summed E-state index contributed by atoms with van der Waals surface area (Å²) in [6.07, 6.45) is 5.59. The van der Waals surface area contributed by atoms with E-state index in [0.717, 1.165) is 58.3 Å². The second-order valence-corrected chi connectivity index (χ2v) is 6.33. The number of urea groups is 1. The number of hydrogen-bond acceptors (Lipinski definition) is 3. The molecule has 0 aromatic heterocycles. The fourth-order valence-corrected chi connectivity index (χ4v) is 3.07.